The molecule has 0 spiro atoms. The van der Waals surface area contributed by atoms with E-state index in [1.165, 1.54) is 0 Å². The highest BCUT2D eigenvalue weighted by Gasteiger charge is 2.07. The Bertz CT molecular complexity index is 281. The minimum Gasteiger partial charge on any atom is -0.383 e. The van der Waals surface area contributed by atoms with Crippen molar-refractivity contribution in [3.8, 4) is 0 Å². The second-order valence-electron chi connectivity index (χ2n) is 3.14. The zero-order chi connectivity index (χ0) is 10.4. The number of rotatable bonds is 5. The fraction of sp³-hybridized carbons (Fsp3) is 0.500. The van der Waals surface area contributed by atoms with Gasteiger partial charge in [0.25, 0.3) is 0 Å². The molecule has 1 atom stereocenters. The fourth-order valence-corrected chi connectivity index (χ4v) is 1.35. The van der Waals surface area contributed by atoms with Crippen LogP contribution in [-0.2, 0) is 4.74 Å². The van der Waals surface area contributed by atoms with Crippen LogP contribution in [0.2, 0.25) is 0 Å². The van der Waals surface area contributed by atoms with Crippen LogP contribution in [0.5, 0.6) is 0 Å². The summed E-state index contributed by atoms with van der Waals surface area (Å²) in [6.07, 6.45) is 3.58. The van der Waals surface area contributed by atoms with Gasteiger partial charge in [-0.15, -0.1) is 11.6 Å². The van der Waals surface area contributed by atoms with Gasteiger partial charge in [-0.2, -0.15) is 0 Å². The number of ether oxygens (including phenoxy) is 1. The summed E-state index contributed by atoms with van der Waals surface area (Å²) in [5.74, 6) is 0.523. The Labute approximate surface area is 89.4 Å². The molecule has 4 heteroatoms. The number of methoxy groups -OCH3 is 1. The quantitative estimate of drug-likeness (QED) is 0.762. The molecule has 0 aromatic carbocycles. The van der Waals surface area contributed by atoms with Gasteiger partial charge in [-0.3, -0.25) is 4.98 Å². The number of anilines is 1. The van der Waals surface area contributed by atoms with E-state index < -0.39 is 0 Å². The van der Waals surface area contributed by atoms with Crippen LogP contribution in [0.25, 0.3) is 0 Å². The van der Waals surface area contributed by atoms with Crippen molar-refractivity contribution in [2.24, 2.45) is 0 Å². The number of nitrogens with one attached hydrogen (secondary N) is 1. The molecule has 0 saturated heterocycles. The maximum atomic E-state index is 5.79. The van der Waals surface area contributed by atoms with Gasteiger partial charge in [0.1, 0.15) is 0 Å². The number of aromatic nitrogens is 1. The van der Waals surface area contributed by atoms with E-state index in [0.717, 1.165) is 11.3 Å². The van der Waals surface area contributed by atoms with E-state index in [0.29, 0.717) is 12.5 Å². The smallest absolute Gasteiger partial charge is 0.0675 e. The maximum Gasteiger partial charge on any atom is 0.0675 e. The van der Waals surface area contributed by atoms with Gasteiger partial charge in [0.15, 0.2) is 0 Å². The summed E-state index contributed by atoms with van der Waals surface area (Å²) in [6, 6.07) is 2.08. The highest BCUT2D eigenvalue weighted by Crippen LogP contribution is 2.13. The van der Waals surface area contributed by atoms with Crippen molar-refractivity contribution in [2.75, 3.05) is 24.9 Å². The van der Waals surface area contributed by atoms with Gasteiger partial charge >= 0.3 is 0 Å². The Balaban J connectivity index is 2.62. The first-order valence-corrected chi connectivity index (χ1v) is 5.03. The molecule has 1 N–H and O–H groups in total. The first-order chi connectivity index (χ1) is 6.77. The molecule has 0 aliphatic rings. The number of aryl methyl sites for hydroxylation is 1. The summed E-state index contributed by atoms with van der Waals surface area (Å²) in [6.45, 7) is 2.61. The Morgan fingerprint density at radius 1 is 1.64 bits per heavy atom. The van der Waals surface area contributed by atoms with Crippen LogP contribution in [-0.4, -0.2) is 30.6 Å². The average molecular weight is 215 g/mol. The first-order valence-electron chi connectivity index (χ1n) is 4.50. The molecule has 0 aliphatic heterocycles. The van der Waals surface area contributed by atoms with Crippen LogP contribution < -0.4 is 5.32 Å². The monoisotopic (exact) mass is 214 g/mol. The van der Waals surface area contributed by atoms with Crippen LogP contribution in [0.4, 0.5) is 5.69 Å². The highest BCUT2D eigenvalue weighted by molar-refractivity contribution is 6.18. The number of halogens is 1. The summed E-state index contributed by atoms with van der Waals surface area (Å²) in [7, 11) is 1.67. The third-order valence-electron chi connectivity index (χ3n) is 1.93. The van der Waals surface area contributed by atoms with E-state index in [-0.39, 0.29) is 6.04 Å². The zero-order valence-corrected chi connectivity index (χ0v) is 9.21. The van der Waals surface area contributed by atoms with Crippen molar-refractivity contribution in [3.05, 3.63) is 24.0 Å². The maximum absolute atomic E-state index is 5.79. The number of pyridine rings is 1. The summed E-state index contributed by atoms with van der Waals surface area (Å²) < 4.78 is 5.04. The third-order valence-corrected chi connectivity index (χ3v) is 2.31. The molecule has 0 fully saturated rings. The third kappa shape index (κ3) is 3.16. The molecule has 14 heavy (non-hydrogen) atoms. The fourth-order valence-electron chi connectivity index (χ4n) is 1.18. The number of hydrogen-bond acceptors (Lipinski definition) is 3. The van der Waals surface area contributed by atoms with Crippen molar-refractivity contribution in [1.29, 1.82) is 0 Å². The lowest BCUT2D eigenvalue weighted by Crippen LogP contribution is -2.26. The summed E-state index contributed by atoms with van der Waals surface area (Å²) in [5, 5.41) is 3.30. The normalized spacial score (nSPS) is 12.5. The van der Waals surface area contributed by atoms with Crippen molar-refractivity contribution in [2.45, 2.75) is 13.0 Å². The molecule has 78 valence electrons. The molecule has 1 unspecified atom stereocenters. The van der Waals surface area contributed by atoms with Crippen molar-refractivity contribution in [1.82, 2.24) is 4.98 Å². The molecule has 0 amide bonds. The number of alkyl halides is 1. The van der Waals surface area contributed by atoms with Crippen molar-refractivity contribution < 1.29 is 4.74 Å². The average Bonchev–Trinajstić information content (AvgIpc) is 2.20. The van der Waals surface area contributed by atoms with E-state index in [4.69, 9.17) is 16.3 Å². The van der Waals surface area contributed by atoms with E-state index in [2.05, 4.69) is 10.3 Å². The van der Waals surface area contributed by atoms with E-state index in [9.17, 15) is 0 Å². The molecule has 1 aromatic rings. The summed E-state index contributed by atoms with van der Waals surface area (Å²) in [4.78, 5) is 4.02. The minimum atomic E-state index is 0.141. The van der Waals surface area contributed by atoms with Crippen LogP contribution >= 0.6 is 11.6 Å². The lowest BCUT2D eigenvalue weighted by atomic mass is 10.2. The predicted molar refractivity (Wildman–Crippen MR) is 59.0 cm³/mol. The number of nitrogens with zero attached hydrogens (tertiary/aromatic N) is 1. The van der Waals surface area contributed by atoms with Gasteiger partial charge < -0.3 is 10.1 Å². The van der Waals surface area contributed by atoms with Gasteiger partial charge in [0.05, 0.1) is 12.6 Å². The van der Waals surface area contributed by atoms with E-state index in [1.807, 2.05) is 19.2 Å². The van der Waals surface area contributed by atoms with Crippen LogP contribution in [0.3, 0.4) is 0 Å². The van der Waals surface area contributed by atoms with E-state index in [1.54, 1.807) is 13.3 Å². The Hall–Kier alpha value is -0.800. The van der Waals surface area contributed by atoms with Crippen molar-refractivity contribution in [3.63, 3.8) is 0 Å². The first kappa shape index (κ1) is 11.3. The van der Waals surface area contributed by atoms with E-state index >= 15 is 0 Å². The summed E-state index contributed by atoms with van der Waals surface area (Å²) >= 11 is 5.79. The van der Waals surface area contributed by atoms with Gasteiger partial charge in [-0.05, 0) is 18.6 Å². The van der Waals surface area contributed by atoms with Gasteiger partial charge in [0, 0.05) is 31.1 Å². The zero-order valence-electron chi connectivity index (χ0n) is 8.46. The lowest BCUT2D eigenvalue weighted by molar-refractivity contribution is 0.191. The second-order valence-corrected chi connectivity index (χ2v) is 3.45. The molecule has 0 saturated carbocycles. The number of hydrogen-bond donors (Lipinski definition) is 1. The van der Waals surface area contributed by atoms with Gasteiger partial charge in [-0.25, -0.2) is 0 Å². The second kappa shape index (κ2) is 5.83. The highest BCUT2D eigenvalue weighted by atomic mass is 35.5. The predicted octanol–water partition coefficient (Wildman–Crippen LogP) is 2.06. The van der Waals surface area contributed by atoms with Crippen LogP contribution in [0, 0.1) is 6.92 Å². The Morgan fingerprint density at radius 2 is 2.43 bits per heavy atom. The summed E-state index contributed by atoms with van der Waals surface area (Å²) in [5.41, 5.74) is 2.17. The molecular formula is C10H15ClN2O. The largest absolute Gasteiger partial charge is 0.383 e. The molecule has 0 radical (unpaired) electrons. The van der Waals surface area contributed by atoms with Crippen LogP contribution in [0.1, 0.15) is 5.56 Å². The standard InChI is InChI=1S/C10H15ClN2O/c1-8-6-12-4-3-10(8)13-9(5-11)7-14-2/h3-4,6,9H,5,7H2,1-2H3,(H,12,13). The molecule has 0 bridgehead atoms. The lowest BCUT2D eigenvalue weighted by Gasteiger charge is -2.17. The van der Waals surface area contributed by atoms with Gasteiger partial charge in [0.2, 0.25) is 0 Å². The topological polar surface area (TPSA) is 34.1 Å². The van der Waals surface area contributed by atoms with Crippen LogP contribution in [0.15, 0.2) is 18.5 Å². The van der Waals surface area contributed by atoms with Crippen molar-refractivity contribution >= 4 is 17.3 Å². The molecule has 1 rings (SSSR count). The molecule has 1 heterocycles. The molecule has 3 nitrogen and oxygen atoms in total. The Kier molecular flexibility index (Phi) is 4.70. The molecule has 1 aromatic heterocycles. The molecular weight excluding hydrogens is 200 g/mol. The minimum absolute atomic E-state index is 0.141. The van der Waals surface area contributed by atoms with Gasteiger partial charge in [-0.1, -0.05) is 0 Å². The Morgan fingerprint density at radius 3 is 3.00 bits per heavy atom. The SMILES string of the molecule is COCC(CCl)Nc1ccncc1C. The molecule has 0 aliphatic carbocycles.